The molecule has 0 spiro atoms. The van der Waals surface area contributed by atoms with E-state index < -0.39 is 0 Å². The zero-order valence-electron chi connectivity index (χ0n) is 10.5. The van der Waals surface area contributed by atoms with Crippen LogP contribution in [0.4, 0.5) is 0 Å². The predicted molar refractivity (Wildman–Crippen MR) is 61.9 cm³/mol. The molecule has 0 amide bonds. The Morgan fingerprint density at radius 3 is 2.76 bits per heavy atom. The molecule has 6 heteroatoms. The minimum absolute atomic E-state index is 0.0796. The van der Waals surface area contributed by atoms with Crippen molar-refractivity contribution in [2.24, 2.45) is 0 Å². The van der Waals surface area contributed by atoms with E-state index in [-0.39, 0.29) is 18.8 Å². The minimum Gasteiger partial charge on any atom is -0.396 e. The van der Waals surface area contributed by atoms with E-state index in [1.165, 1.54) is 0 Å². The molecule has 0 saturated heterocycles. The lowest BCUT2D eigenvalue weighted by Gasteiger charge is -2.17. The van der Waals surface area contributed by atoms with E-state index in [0.717, 1.165) is 6.42 Å². The van der Waals surface area contributed by atoms with Crippen LogP contribution in [0.5, 0.6) is 0 Å². The molecule has 17 heavy (non-hydrogen) atoms. The average molecular weight is 241 g/mol. The highest BCUT2D eigenvalue weighted by atomic mass is 16.5. The van der Waals surface area contributed by atoms with Gasteiger partial charge < -0.3 is 9.84 Å². The van der Waals surface area contributed by atoms with Gasteiger partial charge in [0.05, 0.1) is 17.8 Å². The van der Waals surface area contributed by atoms with Gasteiger partial charge in [0.25, 0.3) is 0 Å². The summed E-state index contributed by atoms with van der Waals surface area (Å²) in [5.74, 6) is 0. The van der Waals surface area contributed by atoms with Gasteiger partial charge in [-0.3, -0.25) is 4.79 Å². The summed E-state index contributed by atoms with van der Waals surface area (Å²) in [5.41, 5.74) is 1.00. The normalized spacial score (nSPS) is 14.6. The summed E-state index contributed by atoms with van der Waals surface area (Å²) in [7, 11) is 1.58. The highest BCUT2D eigenvalue weighted by molar-refractivity contribution is 5.73. The second-order valence-corrected chi connectivity index (χ2v) is 4.02. The van der Waals surface area contributed by atoms with Gasteiger partial charge in [-0.25, -0.2) is 4.68 Å². The molecule has 1 rings (SSSR count). The molecule has 0 aliphatic carbocycles. The van der Waals surface area contributed by atoms with E-state index in [2.05, 4.69) is 10.3 Å². The summed E-state index contributed by atoms with van der Waals surface area (Å²) in [6, 6.07) is 0.0796. The first kappa shape index (κ1) is 13.8. The molecule has 2 unspecified atom stereocenters. The second-order valence-electron chi connectivity index (χ2n) is 4.02. The number of aliphatic hydroxyl groups excluding tert-OH is 1. The molecule has 0 radical (unpaired) electrons. The summed E-state index contributed by atoms with van der Waals surface area (Å²) in [6.07, 6.45) is 1.93. The van der Waals surface area contributed by atoms with Gasteiger partial charge in [-0.15, -0.1) is 5.10 Å². The Morgan fingerprint density at radius 1 is 1.53 bits per heavy atom. The van der Waals surface area contributed by atoms with Gasteiger partial charge in [0.1, 0.15) is 0 Å². The minimum atomic E-state index is -0.234. The van der Waals surface area contributed by atoms with Crippen LogP contribution in [0.3, 0.4) is 0 Å². The number of ether oxygens (including phenoxy) is 1. The zero-order valence-corrected chi connectivity index (χ0v) is 10.5. The number of aldehydes is 1. The number of carbonyl (C=O) groups excluding carboxylic acids is 1. The fourth-order valence-corrected chi connectivity index (χ4v) is 1.74. The number of methoxy groups -OCH3 is 1. The Labute approximate surface area is 101 Å². The molecular formula is C11H19N3O3. The number of aromatic nitrogens is 3. The molecule has 0 saturated carbocycles. The van der Waals surface area contributed by atoms with E-state index in [0.29, 0.717) is 24.1 Å². The van der Waals surface area contributed by atoms with Crippen molar-refractivity contribution < 1.29 is 14.6 Å². The van der Waals surface area contributed by atoms with Gasteiger partial charge in [-0.05, 0) is 26.7 Å². The van der Waals surface area contributed by atoms with E-state index in [1.54, 1.807) is 11.8 Å². The van der Waals surface area contributed by atoms with Crippen LogP contribution in [0, 0.1) is 0 Å². The van der Waals surface area contributed by atoms with Crippen LogP contribution in [0.15, 0.2) is 0 Å². The van der Waals surface area contributed by atoms with E-state index in [1.807, 2.05) is 13.8 Å². The lowest BCUT2D eigenvalue weighted by molar-refractivity contribution is 0.103. The third-order valence-corrected chi connectivity index (χ3v) is 2.81. The van der Waals surface area contributed by atoms with Gasteiger partial charge in [0.15, 0.2) is 12.0 Å². The fraction of sp³-hybridized carbons (Fsp3) is 0.727. The van der Waals surface area contributed by atoms with Crippen LogP contribution in [-0.2, 0) is 4.74 Å². The van der Waals surface area contributed by atoms with Crippen LogP contribution < -0.4 is 0 Å². The van der Waals surface area contributed by atoms with Crippen molar-refractivity contribution in [1.29, 1.82) is 0 Å². The first-order valence-electron chi connectivity index (χ1n) is 5.69. The SMILES string of the molecule is COC(C)c1c(C=O)nnn1C(C)CCCO. The van der Waals surface area contributed by atoms with Crippen LogP contribution in [0.2, 0.25) is 0 Å². The first-order valence-corrected chi connectivity index (χ1v) is 5.69. The Balaban J connectivity index is 2.98. The average Bonchev–Trinajstić information content (AvgIpc) is 2.78. The quantitative estimate of drug-likeness (QED) is 0.724. The topological polar surface area (TPSA) is 77.2 Å². The van der Waals surface area contributed by atoms with E-state index in [9.17, 15) is 4.79 Å². The maximum absolute atomic E-state index is 10.9. The maximum atomic E-state index is 10.9. The Hall–Kier alpha value is -1.27. The van der Waals surface area contributed by atoms with Crippen LogP contribution in [-0.4, -0.2) is 40.1 Å². The first-order chi connectivity index (χ1) is 8.15. The van der Waals surface area contributed by atoms with Crippen molar-refractivity contribution in [3.63, 3.8) is 0 Å². The molecule has 1 N–H and O–H groups in total. The summed E-state index contributed by atoms with van der Waals surface area (Å²) in [4.78, 5) is 10.9. The van der Waals surface area contributed by atoms with E-state index in [4.69, 9.17) is 9.84 Å². The number of hydrogen-bond acceptors (Lipinski definition) is 5. The molecule has 1 aromatic rings. The van der Waals surface area contributed by atoms with Crippen molar-refractivity contribution in [1.82, 2.24) is 15.0 Å². The number of nitrogens with zero attached hydrogens (tertiary/aromatic N) is 3. The summed E-state index contributed by atoms with van der Waals surface area (Å²) in [6.45, 7) is 3.97. The van der Waals surface area contributed by atoms with E-state index >= 15 is 0 Å². The molecule has 0 aromatic carbocycles. The third-order valence-electron chi connectivity index (χ3n) is 2.81. The highest BCUT2D eigenvalue weighted by Crippen LogP contribution is 2.23. The molecule has 0 aliphatic rings. The van der Waals surface area contributed by atoms with Crippen molar-refractivity contribution in [2.75, 3.05) is 13.7 Å². The number of hydrogen-bond donors (Lipinski definition) is 1. The number of aliphatic hydroxyl groups is 1. The maximum Gasteiger partial charge on any atom is 0.172 e. The zero-order chi connectivity index (χ0) is 12.8. The van der Waals surface area contributed by atoms with Crippen molar-refractivity contribution in [3.05, 3.63) is 11.4 Å². The molecule has 2 atom stereocenters. The lowest BCUT2D eigenvalue weighted by Crippen LogP contribution is -2.15. The third kappa shape index (κ3) is 3.10. The van der Waals surface area contributed by atoms with Crippen LogP contribution in [0.1, 0.15) is 55.0 Å². The van der Waals surface area contributed by atoms with Crippen LogP contribution in [0.25, 0.3) is 0 Å². The summed E-state index contributed by atoms with van der Waals surface area (Å²) < 4.78 is 6.93. The number of rotatable bonds is 7. The van der Waals surface area contributed by atoms with Gasteiger partial charge in [-0.1, -0.05) is 5.21 Å². The van der Waals surface area contributed by atoms with Gasteiger partial charge in [0.2, 0.25) is 0 Å². The lowest BCUT2D eigenvalue weighted by atomic mass is 10.1. The predicted octanol–water partition coefficient (Wildman–Crippen LogP) is 1.13. The monoisotopic (exact) mass is 241 g/mol. The smallest absolute Gasteiger partial charge is 0.172 e. The fourth-order valence-electron chi connectivity index (χ4n) is 1.74. The Morgan fingerprint density at radius 2 is 2.24 bits per heavy atom. The Bertz CT molecular complexity index is 365. The summed E-state index contributed by atoms with van der Waals surface area (Å²) >= 11 is 0. The van der Waals surface area contributed by atoms with Gasteiger partial charge in [-0.2, -0.15) is 0 Å². The van der Waals surface area contributed by atoms with Crippen molar-refractivity contribution in [3.8, 4) is 0 Å². The standard InChI is InChI=1S/C11H19N3O3/c1-8(5-4-6-15)14-11(9(2)17-3)10(7-16)12-13-14/h7-9,15H,4-6H2,1-3H3. The molecule has 0 fully saturated rings. The molecule has 1 heterocycles. The van der Waals surface area contributed by atoms with Crippen molar-refractivity contribution >= 4 is 6.29 Å². The number of carbonyl (C=O) groups is 1. The molecular weight excluding hydrogens is 222 g/mol. The largest absolute Gasteiger partial charge is 0.396 e. The van der Waals surface area contributed by atoms with Gasteiger partial charge >= 0.3 is 0 Å². The molecule has 96 valence electrons. The highest BCUT2D eigenvalue weighted by Gasteiger charge is 2.21. The summed E-state index contributed by atoms with van der Waals surface area (Å²) in [5, 5.41) is 16.6. The molecule has 0 bridgehead atoms. The second kappa shape index (κ2) is 6.46. The Kier molecular flexibility index (Phi) is 5.24. The van der Waals surface area contributed by atoms with Gasteiger partial charge in [0, 0.05) is 13.7 Å². The molecule has 1 aromatic heterocycles. The molecule has 6 nitrogen and oxygen atoms in total. The van der Waals surface area contributed by atoms with Crippen LogP contribution >= 0.6 is 0 Å². The van der Waals surface area contributed by atoms with Crippen molar-refractivity contribution in [2.45, 2.75) is 38.8 Å². The molecule has 0 aliphatic heterocycles.